The van der Waals surface area contributed by atoms with Gasteiger partial charge in [-0.15, -0.1) is 0 Å². The van der Waals surface area contributed by atoms with Crippen LogP contribution < -0.4 is 0 Å². The van der Waals surface area contributed by atoms with Crippen molar-refractivity contribution >= 4 is 6.16 Å². The average Bonchev–Trinajstić information content (AvgIpc) is 2.33. The SMILES string of the molecule is CCCCCCC(CCOC(=O)O)OCCOC. The molecule has 0 saturated heterocycles. The Morgan fingerprint density at radius 3 is 2.50 bits per heavy atom. The molecule has 0 radical (unpaired) electrons. The Morgan fingerprint density at radius 2 is 1.89 bits per heavy atom. The summed E-state index contributed by atoms with van der Waals surface area (Å²) in [4.78, 5) is 10.3. The minimum Gasteiger partial charge on any atom is -0.450 e. The Morgan fingerprint density at radius 1 is 1.11 bits per heavy atom. The smallest absolute Gasteiger partial charge is 0.450 e. The number of ether oxygens (including phenoxy) is 3. The van der Waals surface area contributed by atoms with Gasteiger partial charge in [0.15, 0.2) is 0 Å². The molecule has 0 aromatic heterocycles. The van der Waals surface area contributed by atoms with Crippen molar-refractivity contribution < 1.29 is 24.1 Å². The molecule has 1 N–H and O–H groups in total. The lowest BCUT2D eigenvalue weighted by Gasteiger charge is -2.17. The maximum Gasteiger partial charge on any atom is 0.505 e. The quantitative estimate of drug-likeness (QED) is 0.432. The third kappa shape index (κ3) is 11.7. The number of hydrogen-bond donors (Lipinski definition) is 1. The average molecular weight is 262 g/mol. The molecule has 1 unspecified atom stereocenters. The fraction of sp³-hybridized carbons (Fsp3) is 0.923. The van der Waals surface area contributed by atoms with Gasteiger partial charge in [-0.05, 0) is 6.42 Å². The van der Waals surface area contributed by atoms with Crippen LogP contribution >= 0.6 is 0 Å². The molecular weight excluding hydrogens is 236 g/mol. The lowest BCUT2D eigenvalue weighted by Crippen LogP contribution is -2.19. The zero-order valence-electron chi connectivity index (χ0n) is 11.5. The summed E-state index contributed by atoms with van der Waals surface area (Å²) in [5, 5.41) is 8.40. The van der Waals surface area contributed by atoms with Crippen molar-refractivity contribution in [1.29, 1.82) is 0 Å². The van der Waals surface area contributed by atoms with E-state index >= 15 is 0 Å². The number of unbranched alkanes of at least 4 members (excludes halogenated alkanes) is 3. The molecule has 1 atom stereocenters. The number of hydrogen-bond acceptors (Lipinski definition) is 4. The molecule has 0 heterocycles. The van der Waals surface area contributed by atoms with Crippen molar-refractivity contribution in [3.63, 3.8) is 0 Å². The minimum absolute atomic E-state index is 0.0661. The van der Waals surface area contributed by atoms with Crippen LogP contribution in [0.2, 0.25) is 0 Å². The molecule has 0 amide bonds. The number of carboxylic acid groups (broad SMARTS) is 1. The standard InChI is InChI=1S/C13H26O5/c1-3-4-5-6-7-12(17-11-10-16-2)8-9-18-13(14)15/h12H,3-11H2,1-2H3,(H,14,15). The maximum absolute atomic E-state index is 10.3. The zero-order valence-corrected chi connectivity index (χ0v) is 11.5. The monoisotopic (exact) mass is 262 g/mol. The summed E-state index contributed by atoms with van der Waals surface area (Å²) in [6, 6.07) is 0. The molecule has 0 aliphatic heterocycles. The van der Waals surface area contributed by atoms with E-state index < -0.39 is 6.16 Å². The molecule has 0 rings (SSSR count). The highest BCUT2D eigenvalue weighted by atomic mass is 16.7. The van der Waals surface area contributed by atoms with Crippen LogP contribution in [-0.4, -0.2) is 44.3 Å². The van der Waals surface area contributed by atoms with Crippen LogP contribution in [-0.2, 0) is 14.2 Å². The van der Waals surface area contributed by atoms with Crippen molar-refractivity contribution in [3.05, 3.63) is 0 Å². The van der Waals surface area contributed by atoms with Gasteiger partial charge in [-0.1, -0.05) is 32.6 Å². The highest BCUT2D eigenvalue weighted by molar-refractivity contribution is 5.56. The first-order valence-corrected chi connectivity index (χ1v) is 6.67. The van der Waals surface area contributed by atoms with Gasteiger partial charge in [0.1, 0.15) is 0 Å². The minimum atomic E-state index is -1.23. The molecule has 0 aromatic carbocycles. The highest BCUT2D eigenvalue weighted by Crippen LogP contribution is 2.11. The second kappa shape index (κ2) is 12.6. The third-order valence-electron chi connectivity index (χ3n) is 2.69. The van der Waals surface area contributed by atoms with Gasteiger partial charge in [0.25, 0.3) is 0 Å². The van der Waals surface area contributed by atoms with Crippen LogP contribution in [0.3, 0.4) is 0 Å². The van der Waals surface area contributed by atoms with Gasteiger partial charge in [0.2, 0.25) is 0 Å². The topological polar surface area (TPSA) is 65.0 Å². The summed E-state index contributed by atoms with van der Waals surface area (Å²) in [7, 11) is 1.63. The van der Waals surface area contributed by atoms with Gasteiger partial charge in [0.05, 0.1) is 25.9 Å². The first kappa shape index (κ1) is 17.2. The van der Waals surface area contributed by atoms with E-state index in [0.717, 1.165) is 12.8 Å². The van der Waals surface area contributed by atoms with Crippen molar-refractivity contribution in [2.45, 2.75) is 51.6 Å². The van der Waals surface area contributed by atoms with Crippen LogP contribution in [0.25, 0.3) is 0 Å². The lowest BCUT2D eigenvalue weighted by atomic mass is 10.1. The van der Waals surface area contributed by atoms with E-state index in [1.165, 1.54) is 19.3 Å². The Hall–Kier alpha value is -0.810. The Labute approximate surface area is 109 Å². The van der Waals surface area contributed by atoms with Crippen molar-refractivity contribution in [3.8, 4) is 0 Å². The van der Waals surface area contributed by atoms with E-state index in [2.05, 4.69) is 11.7 Å². The summed E-state index contributed by atoms with van der Waals surface area (Å²) in [5.41, 5.74) is 0. The summed E-state index contributed by atoms with van der Waals surface area (Å²) in [5.74, 6) is 0. The molecule has 0 aromatic rings. The van der Waals surface area contributed by atoms with E-state index in [9.17, 15) is 4.79 Å². The van der Waals surface area contributed by atoms with Gasteiger partial charge in [-0.3, -0.25) is 0 Å². The van der Waals surface area contributed by atoms with Gasteiger partial charge in [-0.2, -0.15) is 0 Å². The fourth-order valence-corrected chi connectivity index (χ4v) is 1.69. The summed E-state index contributed by atoms with van der Waals surface area (Å²) >= 11 is 0. The molecule has 0 spiro atoms. The van der Waals surface area contributed by atoms with Crippen LogP contribution in [0.5, 0.6) is 0 Å². The Balaban J connectivity index is 3.72. The normalized spacial score (nSPS) is 12.3. The molecule has 5 nitrogen and oxygen atoms in total. The summed E-state index contributed by atoms with van der Waals surface area (Å²) < 4.78 is 15.1. The second-order valence-corrected chi connectivity index (χ2v) is 4.24. The number of carbonyl (C=O) groups is 1. The van der Waals surface area contributed by atoms with E-state index in [1.807, 2.05) is 0 Å². The fourth-order valence-electron chi connectivity index (χ4n) is 1.69. The predicted octanol–water partition coefficient (Wildman–Crippen LogP) is 3.07. The molecule has 0 aliphatic carbocycles. The van der Waals surface area contributed by atoms with Crippen LogP contribution in [0.15, 0.2) is 0 Å². The van der Waals surface area contributed by atoms with E-state index in [0.29, 0.717) is 19.6 Å². The Kier molecular flexibility index (Phi) is 12.1. The predicted molar refractivity (Wildman–Crippen MR) is 69.0 cm³/mol. The van der Waals surface area contributed by atoms with Crippen LogP contribution in [0.4, 0.5) is 4.79 Å². The number of rotatable bonds is 12. The highest BCUT2D eigenvalue weighted by Gasteiger charge is 2.10. The molecule has 5 heteroatoms. The molecule has 0 saturated carbocycles. The van der Waals surface area contributed by atoms with Crippen molar-refractivity contribution in [2.75, 3.05) is 26.9 Å². The second-order valence-electron chi connectivity index (χ2n) is 4.24. The molecule has 18 heavy (non-hydrogen) atoms. The Bertz CT molecular complexity index is 196. The summed E-state index contributed by atoms with van der Waals surface area (Å²) in [6.45, 7) is 3.47. The molecule has 0 bridgehead atoms. The third-order valence-corrected chi connectivity index (χ3v) is 2.69. The van der Waals surface area contributed by atoms with E-state index in [4.69, 9.17) is 14.6 Å². The number of methoxy groups -OCH3 is 1. The van der Waals surface area contributed by atoms with Crippen LogP contribution in [0, 0.1) is 0 Å². The van der Waals surface area contributed by atoms with Gasteiger partial charge >= 0.3 is 6.16 Å². The zero-order chi connectivity index (χ0) is 13.6. The molecule has 0 fully saturated rings. The largest absolute Gasteiger partial charge is 0.505 e. The van der Waals surface area contributed by atoms with Crippen molar-refractivity contribution in [2.24, 2.45) is 0 Å². The first-order chi connectivity index (χ1) is 8.70. The van der Waals surface area contributed by atoms with Gasteiger partial charge in [-0.25, -0.2) is 4.79 Å². The van der Waals surface area contributed by atoms with Crippen LogP contribution in [0.1, 0.15) is 45.4 Å². The van der Waals surface area contributed by atoms with E-state index in [1.54, 1.807) is 7.11 Å². The van der Waals surface area contributed by atoms with Gasteiger partial charge in [0, 0.05) is 13.5 Å². The lowest BCUT2D eigenvalue weighted by molar-refractivity contribution is -0.00433. The maximum atomic E-state index is 10.3. The first-order valence-electron chi connectivity index (χ1n) is 6.67. The summed E-state index contributed by atoms with van der Waals surface area (Å²) in [6.07, 6.45) is 5.15. The molecular formula is C13H26O5. The molecule has 0 aliphatic rings. The van der Waals surface area contributed by atoms with Gasteiger partial charge < -0.3 is 19.3 Å². The van der Waals surface area contributed by atoms with Crippen molar-refractivity contribution in [1.82, 2.24) is 0 Å². The van der Waals surface area contributed by atoms with E-state index in [-0.39, 0.29) is 12.7 Å². The molecule has 108 valence electrons.